The second-order valence-corrected chi connectivity index (χ2v) is 7.10. The number of nitrogens with zero attached hydrogens (tertiary/aromatic N) is 1. The second kappa shape index (κ2) is 10.1. The number of para-hydroxylation sites is 1. The SMILES string of the molecule is CCCc1nc2ccccc2c(C(=O)OCC(=O)c2ccc(OC)cc2OC)c1CC. The molecule has 1 heterocycles. The van der Waals surface area contributed by atoms with E-state index in [0.29, 0.717) is 29.0 Å². The topological polar surface area (TPSA) is 74.7 Å². The minimum absolute atomic E-state index is 0.332. The molecule has 0 atom stereocenters. The van der Waals surface area contributed by atoms with Gasteiger partial charge in [0.25, 0.3) is 0 Å². The lowest BCUT2D eigenvalue weighted by molar-refractivity contribution is 0.0474. The van der Waals surface area contributed by atoms with Crippen molar-refractivity contribution in [3.05, 3.63) is 64.8 Å². The highest BCUT2D eigenvalue weighted by molar-refractivity contribution is 6.07. The Morgan fingerprint density at radius 2 is 1.77 bits per heavy atom. The number of methoxy groups -OCH3 is 2. The molecule has 6 heteroatoms. The van der Waals surface area contributed by atoms with Gasteiger partial charge in [-0.1, -0.05) is 38.5 Å². The van der Waals surface area contributed by atoms with Gasteiger partial charge in [0.05, 0.1) is 30.9 Å². The maximum absolute atomic E-state index is 13.1. The summed E-state index contributed by atoms with van der Waals surface area (Å²) in [4.78, 5) is 30.6. The molecule has 0 aliphatic carbocycles. The zero-order chi connectivity index (χ0) is 22.4. The molecule has 1 aromatic heterocycles. The van der Waals surface area contributed by atoms with Gasteiger partial charge in [-0.05, 0) is 36.6 Å². The molecule has 162 valence electrons. The number of carbonyl (C=O) groups excluding carboxylic acids is 2. The number of hydrogen-bond acceptors (Lipinski definition) is 6. The van der Waals surface area contributed by atoms with Crippen LogP contribution in [0.15, 0.2) is 42.5 Å². The number of Topliss-reactive ketones (excluding diaryl/α,β-unsaturated/α-hetero) is 1. The van der Waals surface area contributed by atoms with Crippen molar-refractivity contribution in [3.8, 4) is 11.5 Å². The van der Waals surface area contributed by atoms with E-state index in [-0.39, 0.29) is 12.4 Å². The third-order valence-electron chi connectivity index (χ3n) is 5.17. The summed E-state index contributed by atoms with van der Waals surface area (Å²) in [6.07, 6.45) is 2.34. The molecular formula is C25H27NO5. The number of aromatic nitrogens is 1. The Morgan fingerprint density at radius 3 is 2.45 bits per heavy atom. The van der Waals surface area contributed by atoms with Gasteiger partial charge in [0.2, 0.25) is 5.78 Å². The number of hydrogen-bond donors (Lipinski definition) is 0. The van der Waals surface area contributed by atoms with Gasteiger partial charge in [-0.25, -0.2) is 4.79 Å². The Morgan fingerprint density at radius 1 is 1.00 bits per heavy atom. The number of pyridine rings is 1. The van der Waals surface area contributed by atoms with Gasteiger partial charge < -0.3 is 14.2 Å². The summed E-state index contributed by atoms with van der Waals surface area (Å²) in [7, 11) is 3.01. The molecule has 3 rings (SSSR count). The highest BCUT2D eigenvalue weighted by atomic mass is 16.5. The van der Waals surface area contributed by atoms with Crippen molar-refractivity contribution in [2.75, 3.05) is 20.8 Å². The van der Waals surface area contributed by atoms with Crippen LogP contribution in [0.5, 0.6) is 11.5 Å². The van der Waals surface area contributed by atoms with Gasteiger partial charge in [0.15, 0.2) is 6.61 Å². The van der Waals surface area contributed by atoms with E-state index in [2.05, 4.69) is 6.92 Å². The molecule has 0 aliphatic heterocycles. The molecule has 0 fully saturated rings. The maximum Gasteiger partial charge on any atom is 0.339 e. The fraction of sp³-hybridized carbons (Fsp3) is 0.320. The highest BCUT2D eigenvalue weighted by Gasteiger charge is 2.22. The number of esters is 1. The Labute approximate surface area is 182 Å². The van der Waals surface area contributed by atoms with E-state index in [1.807, 2.05) is 31.2 Å². The summed E-state index contributed by atoms with van der Waals surface area (Å²) in [6, 6.07) is 12.4. The lowest BCUT2D eigenvalue weighted by Crippen LogP contribution is -2.18. The third kappa shape index (κ3) is 4.68. The summed E-state index contributed by atoms with van der Waals surface area (Å²) in [5, 5.41) is 0.735. The van der Waals surface area contributed by atoms with E-state index in [1.54, 1.807) is 18.2 Å². The lowest BCUT2D eigenvalue weighted by Gasteiger charge is -2.15. The summed E-state index contributed by atoms with van der Waals surface area (Å²) in [6.45, 7) is 3.69. The van der Waals surface area contributed by atoms with E-state index in [9.17, 15) is 9.59 Å². The Hall–Kier alpha value is -3.41. The summed E-state index contributed by atoms with van der Waals surface area (Å²) in [5.41, 5.74) is 3.35. The largest absolute Gasteiger partial charge is 0.497 e. The van der Waals surface area contributed by atoms with Gasteiger partial charge in [-0.2, -0.15) is 0 Å². The van der Waals surface area contributed by atoms with Crippen molar-refractivity contribution in [1.82, 2.24) is 4.98 Å². The number of rotatable bonds is 9. The van der Waals surface area contributed by atoms with Crippen LogP contribution in [0.4, 0.5) is 0 Å². The summed E-state index contributed by atoms with van der Waals surface area (Å²) in [5.74, 6) is 0.0746. The summed E-state index contributed by atoms with van der Waals surface area (Å²) < 4.78 is 15.9. The van der Waals surface area contributed by atoms with Gasteiger partial charge in [-0.3, -0.25) is 9.78 Å². The first-order valence-electron chi connectivity index (χ1n) is 10.4. The number of carbonyl (C=O) groups is 2. The van der Waals surface area contributed by atoms with Gasteiger partial charge in [0, 0.05) is 17.1 Å². The molecule has 0 radical (unpaired) electrons. The van der Waals surface area contributed by atoms with Gasteiger partial charge in [0.1, 0.15) is 11.5 Å². The zero-order valence-corrected chi connectivity index (χ0v) is 18.4. The fourth-order valence-corrected chi connectivity index (χ4v) is 3.67. The summed E-state index contributed by atoms with van der Waals surface area (Å²) >= 11 is 0. The Kier molecular flexibility index (Phi) is 7.23. The van der Waals surface area contributed by atoms with Crippen LogP contribution < -0.4 is 9.47 Å². The minimum Gasteiger partial charge on any atom is -0.497 e. The average Bonchev–Trinajstić information content (AvgIpc) is 2.81. The molecule has 0 amide bonds. The molecule has 0 spiro atoms. The van der Waals surface area contributed by atoms with Crippen molar-refractivity contribution < 1.29 is 23.8 Å². The predicted octanol–water partition coefficient (Wildman–Crippen LogP) is 4.81. The quantitative estimate of drug-likeness (QED) is 0.365. The molecule has 3 aromatic rings. The van der Waals surface area contributed by atoms with Crippen molar-refractivity contribution in [1.29, 1.82) is 0 Å². The van der Waals surface area contributed by atoms with Crippen LogP contribution in [0.3, 0.4) is 0 Å². The molecule has 0 saturated heterocycles. The average molecular weight is 421 g/mol. The van der Waals surface area contributed by atoms with E-state index in [0.717, 1.165) is 35.0 Å². The molecular weight excluding hydrogens is 394 g/mol. The van der Waals surface area contributed by atoms with E-state index >= 15 is 0 Å². The molecule has 0 bridgehead atoms. The first-order valence-corrected chi connectivity index (χ1v) is 10.4. The lowest BCUT2D eigenvalue weighted by atomic mass is 9.96. The number of ether oxygens (including phenoxy) is 3. The molecule has 6 nitrogen and oxygen atoms in total. The van der Waals surface area contributed by atoms with Crippen LogP contribution in [0.2, 0.25) is 0 Å². The van der Waals surface area contributed by atoms with Gasteiger partial charge in [-0.15, -0.1) is 0 Å². The number of benzene rings is 2. The first kappa shape index (κ1) is 22.3. The number of aryl methyl sites for hydroxylation is 1. The molecule has 31 heavy (non-hydrogen) atoms. The Bertz CT molecular complexity index is 1110. The Balaban J connectivity index is 1.91. The van der Waals surface area contributed by atoms with Crippen molar-refractivity contribution in [3.63, 3.8) is 0 Å². The van der Waals surface area contributed by atoms with Crippen LogP contribution in [0, 0.1) is 0 Å². The minimum atomic E-state index is -0.520. The third-order valence-corrected chi connectivity index (χ3v) is 5.17. The van der Waals surface area contributed by atoms with Crippen molar-refractivity contribution >= 4 is 22.7 Å². The van der Waals surface area contributed by atoms with Gasteiger partial charge >= 0.3 is 5.97 Å². The molecule has 0 unspecified atom stereocenters. The predicted molar refractivity (Wildman–Crippen MR) is 119 cm³/mol. The van der Waals surface area contributed by atoms with E-state index < -0.39 is 5.97 Å². The second-order valence-electron chi connectivity index (χ2n) is 7.10. The highest BCUT2D eigenvalue weighted by Crippen LogP contribution is 2.27. The molecule has 0 N–H and O–H groups in total. The number of ketones is 1. The van der Waals surface area contributed by atoms with Crippen molar-refractivity contribution in [2.24, 2.45) is 0 Å². The van der Waals surface area contributed by atoms with Crippen LogP contribution in [0.25, 0.3) is 10.9 Å². The molecule has 2 aromatic carbocycles. The molecule has 0 saturated carbocycles. The monoisotopic (exact) mass is 421 g/mol. The van der Waals surface area contributed by atoms with E-state index in [1.165, 1.54) is 14.2 Å². The van der Waals surface area contributed by atoms with Crippen LogP contribution in [-0.4, -0.2) is 37.6 Å². The van der Waals surface area contributed by atoms with Crippen LogP contribution in [0.1, 0.15) is 52.2 Å². The standard InChI is InChI=1S/C25H27NO5/c1-5-9-20-17(6-2)24(18-10-7-8-11-21(18)26-20)25(28)31-15-22(27)19-13-12-16(29-3)14-23(19)30-4/h7-8,10-14H,5-6,9,15H2,1-4H3. The van der Waals surface area contributed by atoms with Crippen molar-refractivity contribution in [2.45, 2.75) is 33.1 Å². The fourth-order valence-electron chi connectivity index (χ4n) is 3.67. The molecule has 0 aliphatic rings. The number of fused-ring (bicyclic) bond motifs is 1. The van der Waals surface area contributed by atoms with Crippen LogP contribution >= 0.6 is 0 Å². The zero-order valence-electron chi connectivity index (χ0n) is 18.4. The smallest absolute Gasteiger partial charge is 0.339 e. The first-order chi connectivity index (χ1) is 15.0. The van der Waals surface area contributed by atoms with E-state index in [4.69, 9.17) is 19.2 Å². The maximum atomic E-state index is 13.1. The normalized spacial score (nSPS) is 10.7. The van der Waals surface area contributed by atoms with Crippen LogP contribution in [-0.2, 0) is 17.6 Å².